The van der Waals surface area contributed by atoms with Crippen LogP contribution in [0.3, 0.4) is 0 Å². The second-order valence-electron chi connectivity index (χ2n) is 7.54. The molecule has 3 heteroatoms. The summed E-state index contributed by atoms with van der Waals surface area (Å²) < 4.78 is 13.4. The van der Waals surface area contributed by atoms with Crippen LogP contribution in [0.2, 0.25) is 0 Å². The minimum atomic E-state index is -0.146. The number of benzene rings is 2. The summed E-state index contributed by atoms with van der Waals surface area (Å²) in [6, 6.07) is 13.6. The van der Waals surface area contributed by atoms with Gasteiger partial charge in [0.2, 0.25) is 0 Å². The molecule has 1 aromatic heterocycles. The van der Waals surface area contributed by atoms with Crippen molar-refractivity contribution in [2.75, 3.05) is 13.1 Å². The molecule has 2 nitrogen and oxygen atoms in total. The SMILES string of the molecule is Fc1cccc(CCc2cccc3c4c([nH]c23)C2CCN(CC2)C4)c1. The Bertz CT molecular complexity index is 919. The predicted molar refractivity (Wildman–Crippen MR) is 99.4 cm³/mol. The fraction of sp³-hybridized carbons (Fsp3) is 0.364. The van der Waals surface area contributed by atoms with Crippen molar-refractivity contribution in [3.63, 3.8) is 0 Å². The first-order valence-corrected chi connectivity index (χ1v) is 9.37. The van der Waals surface area contributed by atoms with Crippen LogP contribution < -0.4 is 0 Å². The molecular formula is C22H23FN2. The molecule has 2 bridgehead atoms. The number of H-pyrrole nitrogens is 1. The second-order valence-corrected chi connectivity index (χ2v) is 7.54. The smallest absolute Gasteiger partial charge is 0.123 e. The van der Waals surface area contributed by atoms with Gasteiger partial charge in [-0.15, -0.1) is 0 Å². The molecule has 128 valence electrons. The molecule has 0 aliphatic carbocycles. The minimum Gasteiger partial charge on any atom is -0.358 e. The summed E-state index contributed by atoms with van der Waals surface area (Å²) in [4.78, 5) is 6.39. The van der Waals surface area contributed by atoms with Crippen LogP contribution in [0.4, 0.5) is 4.39 Å². The molecule has 0 amide bonds. The fourth-order valence-corrected chi connectivity index (χ4v) is 4.66. The third-order valence-corrected chi connectivity index (χ3v) is 6.01. The number of aryl methyl sites for hydroxylation is 2. The monoisotopic (exact) mass is 334 g/mol. The lowest BCUT2D eigenvalue weighted by Gasteiger charge is -2.26. The molecular weight excluding hydrogens is 311 g/mol. The molecule has 25 heavy (non-hydrogen) atoms. The van der Waals surface area contributed by atoms with Crippen LogP contribution in [-0.2, 0) is 19.4 Å². The Morgan fingerprint density at radius 3 is 2.72 bits per heavy atom. The van der Waals surface area contributed by atoms with Gasteiger partial charge in [0, 0.05) is 29.1 Å². The molecule has 3 aliphatic heterocycles. The fourth-order valence-electron chi connectivity index (χ4n) is 4.66. The van der Waals surface area contributed by atoms with E-state index in [1.165, 1.54) is 59.7 Å². The molecule has 0 atom stereocenters. The summed E-state index contributed by atoms with van der Waals surface area (Å²) in [6.07, 6.45) is 4.36. The molecule has 0 saturated carbocycles. The molecule has 1 fully saturated rings. The largest absolute Gasteiger partial charge is 0.358 e. The zero-order chi connectivity index (χ0) is 16.8. The molecule has 4 heterocycles. The summed E-state index contributed by atoms with van der Waals surface area (Å²) in [5, 5.41) is 1.39. The summed E-state index contributed by atoms with van der Waals surface area (Å²) >= 11 is 0. The third-order valence-electron chi connectivity index (χ3n) is 6.01. The molecule has 2 aromatic carbocycles. The van der Waals surface area contributed by atoms with E-state index in [2.05, 4.69) is 28.1 Å². The topological polar surface area (TPSA) is 19.0 Å². The normalized spacial score (nSPS) is 22.1. The van der Waals surface area contributed by atoms with E-state index < -0.39 is 0 Å². The molecule has 3 aliphatic rings. The van der Waals surface area contributed by atoms with E-state index in [0.29, 0.717) is 5.92 Å². The first-order valence-electron chi connectivity index (χ1n) is 9.37. The molecule has 0 radical (unpaired) electrons. The summed E-state index contributed by atoms with van der Waals surface area (Å²) in [6.45, 7) is 3.54. The second kappa shape index (κ2) is 5.99. The van der Waals surface area contributed by atoms with Gasteiger partial charge in [-0.05, 0) is 67.6 Å². The lowest BCUT2D eigenvalue weighted by atomic mass is 9.94. The van der Waals surface area contributed by atoms with Crippen LogP contribution >= 0.6 is 0 Å². The predicted octanol–water partition coefficient (Wildman–Crippen LogP) is 4.79. The van der Waals surface area contributed by atoms with E-state index in [1.54, 1.807) is 12.1 Å². The van der Waals surface area contributed by atoms with Gasteiger partial charge < -0.3 is 4.98 Å². The Morgan fingerprint density at radius 1 is 1.04 bits per heavy atom. The van der Waals surface area contributed by atoms with Crippen LogP contribution in [0.5, 0.6) is 0 Å². The summed E-state index contributed by atoms with van der Waals surface area (Å²) in [5.74, 6) is 0.546. The molecule has 1 N–H and O–H groups in total. The van der Waals surface area contributed by atoms with Gasteiger partial charge in [-0.25, -0.2) is 4.39 Å². The summed E-state index contributed by atoms with van der Waals surface area (Å²) in [7, 11) is 0. The van der Waals surface area contributed by atoms with Gasteiger partial charge in [0.05, 0.1) is 0 Å². The van der Waals surface area contributed by atoms with Gasteiger partial charge in [-0.3, -0.25) is 4.90 Å². The van der Waals surface area contributed by atoms with Crippen LogP contribution in [0.15, 0.2) is 42.5 Å². The van der Waals surface area contributed by atoms with Crippen molar-refractivity contribution in [1.82, 2.24) is 9.88 Å². The maximum Gasteiger partial charge on any atom is 0.123 e. The quantitative estimate of drug-likeness (QED) is 0.730. The maximum absolute atomic E-state index is 13.4. The third kappa shape index (κ3) is 2.67. The Balaban J connectivity index is 1.50. The number of rotatable bonds is 3. The highest BCUT2D eigenvalue weighted by Gasteiger charge is 2.30. The number of halogens is 1. The van der Waals surface area contributed by atoms with Gasteiger partial charge in [-0.1, -0.05) is 30.3 Å². The van der Waals surface area contributed by atoms with E-state index >= 15 is 0 Å². The number of fused-ring (bicyclic) bond motifs is 3. The van der Waals surface area contributed by atoms with Crippen LogP contribution in [-0.4, -0.2) is 23.0 Å². The Labute approximate surface area is 147 Å². The van der Waals surface area contributed by atoms with E-state index in [9.17, 15) is 4.39 Å². The number of para-hydroxylation sites is 1. The van der Waals surface area contributed by atoms with Gasteiger partial charge in [-0.2, -0.15) is 0 Å². The first kappa shape index (κ1) is 15.2. The Kier molecular flexibility index (Phi) is 3.63. The van der Waals surface area contributed by atoms with Crippen molar-refractivity contribution in [1.29, 1.82) is 0 Å². The van der Waals surface area contributed by atoms with Gasteiger partial charge >= 0.3 is 0 Å². The van der Waals surface area contributed by atoms with E-state index in [4.69, 9.17) is 0 Å². The number of aromatic amines is 1. The Morgan fingerprint density at radius 2 is 1.88 bits per heavy atom. The average Bonchev–Trinajstić information content (AvgIpc) is 2.80. The van der Waals surface area contributed by atoms with E-state index in [1.807, 2.05) is 6.07 Å². The highest BCUT2D eigenvalue weighted by atomic mass is 19.1. The molecule has 6 rings (SSSR count). The minimum absolute atomic E-state index is 0.146. The molecule has 0 unspecified atom stereocenters. The number of hydrogen-bond acceptors (Lipinski definition) is 1. The van der Waals surface area contributed by atoms with Crippen molar-refractivity contribution >= 4 is 10.9 Å². The van der Waals surface area contributed by atoms with Gasteiger partial charge in [0.15, 0.2) is 0 Å². The molecule has 0 spiro atoms. The number of piperidine rings is 1. The lowest BCUT2D eigenvalue weighted by molar-refractivity contribution is 0.220. The highest BCUT2D eigenvalue weighted by molar-refractivity contribution is 5.87. The number of hydrogen-bond donors (Lipinski definition) is 1. The zero-order valence-electron chi connectivity index (χ0n) is 14.4. The van der Waals surface area contributed by atoms with E-state index in [0.717, 1.165) is 24.9 Å². The number of aromatic nitrogens is 1. The van der Waals surface area contributed by atoms with Crippen molar-refractivity contribution in [3.05, 3.63) is 70.7 Å². The zero-order valence-corrected chi connectivity index (χ0v) is 14.4. The Hall–Kier alpha value is -2.13. The standard InChI is InChI=1S/C22H23FN2/c23-18-5-1-3-15(13-18)7-8-16-4-2-6-19-20-14-25-11-9-17(10-12-25)22(20)24-21(16)19/h1-6,13,17,24H,7-12,14H2. The first-order chi connectivity index (χ1) is 12.3. The van der Waals surface area contributed by atoms with Crippen molar-refractivity contribution < 1.29 is 4.39 Å². The highest BCUT2D eigenvalue weighted by Crippen LogP contribution is 2.39. The maximum atomic E-state index is 13.4. The number of nitrogens with zero attached hydrogens (tertiary/aromatic N) is 1. The van der Waals surface area contributed by atoms with Gasteiger partial charge in [0.25, 0.3) is 0 Å². The lowest BCUT2D eigenvalue weighted by Crippen LogP contribution is -2.29. The van der Waals surface area contributed by atoms with Crippen molar-refractivity contribution in [3.8, 4) is 0 Å². The molecule has 3 aromatic rings. The van der Waals surface area contributed by atoms with Crippen molar-refractivity contribution in [2.24, 2.45) is 0 Å². The van der Waals surface area contributed by atoms with Crippen LogP contribution in [0, 0.1) is 5.82 Å². The van der Waals surface area contributed by atoms with Crippen LogP contribution in [0.1, 0.15) is 41.1 Å². The molecule has 1 saturated heterocycles. The van der Waals surface area contributed by atoms with E-state index in [-0.39, 0.29) is 5.82 Å². The van der Waals surface area contributed by atoms with Crippen molar-refractivity contribution in [2.45, 2.75) is 38.1 Å². The average molecular weight is 334 g/mol. The number of nitrogens with one attached hydrogen (secondary N) is 1. The summed E-state index contributed by atoms with van der Waals surface area (Å²) in [5.41, 5.74) is 6.71. The van der Waals surface area contributed by atoms with Gasteiger partial charge in [0.1, 0.15) is 5.82 Å². The van der Waals surface area contributed by atoms with Crippen LogP contribution in [0.25, 0.3) is 10.9 Å².